The Bertz CT molecular complexity index is 3310. The monoisotopic (exact) mass is 701 g/mol. The van der Waals surface area contributed by atoms with Crippen molar-refractivity contribution in [3.05, 3.63) is 204 Å². The van der Waals surface area contributed by atoms with Crippen molar-refractivity contribution < 1.29 is 4.42 Å². The van der Waals surface area contributed by atoms with Crippen LogP contribution >= 0.6 is 0 Å². The quantitative estimate of drug-likeness (QED) is 0.181. The van der Waals surface area contributed by atoms with Crippen molar-refractivity contribution in [3.8, 4) is 16.8 Å². The predicted molar refractivity (Wildman–Crippen MR) is 228 cm³/mol. The van der Waals surface area contributed by atoms with Crippen LogP contribution in [0.5, 0.6) is 0 Å². The van der Waals surface area contributed by atoms with Crippen LogP contribution in [0.1, 0.15) is 28.2 Å². The van der Waals surface area contributed by atoms with E-state index < -0.39 is 0 Å². The van der Waals surface area contributed by atoms with Crippen LogP contribution in [0.25, 0.3) is 77.0 Å². The Labute approximate surface area is 316 Å². The van der Waals surface area contributed by atoms with E-state index in [1.807, 2.05) is 6.07 Å². The van der Waals surface area contributed by atoms with Gasteiger partial charge in [0.15, 0.2) is 5.84 Å². The van der Waals surface area contributed by atoms with E-state index in [1.165, 1.54) is 32.6 Å². The zero-order valence-corrected chi connectivity index (χ0v) is 29.6. The topological polar surface area (TPSA) is 42.8 Å². The zero-order valence-electron chi connectivity index (χ0n) is 29.6. The van der Waals surface area contributed by atoms with Gasteiger partial charge < -0.3 is 8.98 Å². The molecule has 0 N–H and O–H groups in total. The third kappa shape index (κ3) is 4.52. The molecule has 2 aromatic heterocycles. The number of aromatic nitrogens is 1. The van der Waals surface area contributed by atoms with Crippen LogP contribution in [0.3, 0.4) is 0 Å². The molecule has 0 spiro atoms. The lowest BCUT2D eigenvalue weighted by Gasteiger charge is -2.17. The van der Waals surface area contributed by atoms with Crippen molar-refractivity contribution in [1.29, 1.82) is 0 Å². The number of allylic oxidation sites excluding steroid dienone is 1. The van der Waals surface area contributed by atoms with Crippen LogP contribution in [0.4, 0.5) is 0 Å². The second kappa shape index (κ2) is 11.6. The minimum Gasteiger partial charge on any atom is -0.455 e. The number of hydrogen-bond acceptors (Lipinski definition) is 3. The van der Waals surface area contributed by atoms with Gasteiger partial charge in [-0.3, -0.25) is 0 Å². The molecule has 2 aliphatic rings. The highest BCUT2D eigenvalue weighted by molar-refractivity contribution is 6.27. The van der Waals surface area contributed by atoms with Crippen LogP contribution in [-0.4, -0.2) is 16.1 Å². The number of hydrogen-bond donors (Lipinski definition) is 0. The third-order valence-electron chi connectivity index (χ3n) is 11.4. The molecule has 10 aromatic rings. The van der Waals surface area contributed by atoms with Gasteiger partial charge in [0.1, 0.15) is 11.2 Å². The van der Waals surface area contributed by atoms with E-state index in [9.17, 15) is 0 Å². The van der Waals surface area contributed by atoms with Crippen LogP contribution in [-0.2, 0) is 0 Å². The first-order chi connectivity index (χ1) is 27.3. The first-order valence-electron chi connectivity index (χ1n) is 18.8. The molecule has 0 fully saturated rings. The summed E-state index contributed by atoms with van der Waals surface area (Å²) in [6.07, 6.45) is 2.33. The Morgan fingerprint density at radius 1 is 0.491 bits per heavy atom. The molecule has 12 rings (SSSR count). The van der Waals surface area contributed by atoms with Crippen LogP contribution in [0.2, 0.25) is 0 Å². The Hall–Kier alpha value is -7.30. The molecule has 55 heavy (non-hydrogen) atoms. The molecule has 4 heteroatoms. The van der Waals surface area contributed by atoms with Gasteiger partial charge in [-0.1, -0.05) is 140 Å². The van der Waals surface area contributed by atoms with E-state index in [4.69, 9.17) is 14.4 Å². The lowest BCUT2D eigenvalue weighted by Crippen LogP contribution is -2.15. The average Bonchev–Trinajstić information content (AvgIpc) is 3.66. The smallest absolute Gasteiger partial charge is 0.160 e. The summed E-state index contributed by atoms with van der Waals surface area (Å²) in [6, 6.07) is 62.5. The number of fused-ring (bicyclic) bond motifs is 13. The fourth-order valence-electron chi connectivity index (χ4n) is 8.90. The number of rotatable bonds is 3. The van der Waals surface area contributed by atoms with Gasteiger partial charge in [-0.2, -0.15) is 0 Å². The minimum absolute atomic E-state index is 0.241. The number of amidine groups is 1. The second-order valence-corrected chi connectivity index (χ2v) is 14.5. The highest BCUT2D eigenvalue weighted by Crippen LogP contribution is 2.47. The molecule has 0 aliphatic carbocycles. The molecule has 4 heterocycles. The Morgan fingerprint density at radius 3 is 2.04 bits per heavy atom. The Balaban J connectivity index is 1.23. The molecule has 4 nitrogen and oxygen atoms in total. The van der Waals surface area contributed by atoms with Gasteiger partial charge >= 0.3 is 0 Å². The molecule has 8 aromatic carbocycles. The summed E-state index contributed by atoms with van der Waals surface area (Å²) < 4.78 is 9.39. The summed E-state index contributed by atoms with van der Waals surface area (Å²) >= 11 is 0. The largest absolute Gasteiger partial charge is 0.455 e. The normalized spacial score (nSPS) is 15.1. The van der Waals surface area contributed by atoms with Crippen LogP contribution in [0, 0.1) is 0 Å². The summed E-state index contributed by atoms with van der Waals surface area (Å²) in [5.41, 5.74) is 13.3. The number of aliphatic imine (C=N–C) groups is 2. The first-order valence-corrected chi connectivity index (χ1v) is 18.8. The molecule has 256 valence electrons. The molecule has 0 saturated heterocycles. The summed E-state index contributed by atoms with van der Waals surface area (Å²) in [5.74, 6) is 0.425. The standard InChI is InChI=1S/C51H31N3O/c1-3-13-31(14-4-1)33-19-11-20-36(27-33)51-52-43(32-15-5-2-6-16-32)30-42-39-23-12-22-38-41-28-34-17-7-8-18-35(34)29-45(41)54(49(38)39)44-26-25-40-37-21-9-10-24-46(37)55-50(40)47(44)48(42)53-51/h1-30,42H. The highest BCUT2D eigenvalue weighted by atomic mass is 16.3. The van der Waals surface area contributed by atoms with Gasteiger partial charge in [0.25, 0.3) is 0 Å². The van der Waals surface area contributed by atoms with Crippen molar-refractivity contribution in [3.63, 3.8) is 0 Å². The molecule has 0 bridgehead atoms. The van der Waals surface area contributed by atoms with E-state index in [2.05, 4.69) is 181 Å². The van der Waals surface area contributed by atoms with Gasteiger partial charge in [0.05, 0.1) is 33.7 Å². The van der Waals surface area contributed by atoms with Gasteiger partial charge in [0.2, 0.25) is 0 Å². The van der Waals surface area contributed by atoms with Gasteiger partial charge in [-0.25, -0.2) is 9.98 Å². The molecule has 2 aliphatic heterocycles. The minimum atomic E-state index is -0.241. The maximum Gasteiger partial charge on any atom is 0.160 e. The van der Waals surface area contributed by atoms with E-state index >= 15 is 0 Å². The van der Waals surface area contributed by atoms with Gasteiger partial charge in [-0.15, -0.1) is 0 Å². The number of nitrogens with zero attached hydrogens (tertiary/aromatic N) is 3. The van der Waals surface area contributed by atoms with Crippen LogP contribution < -0.4 is 0 Å². The van der Waals surface area contributed by atoms with Gasteiger partial charge in [-0.05, 0) is 75.5 Å². The summed E-state index contributed by atoms with van der Waals surface area (Å²) in [7, 11) is 0. The summed E-state index contributed by atoms with van der Waals surface area (Å²) in [4.78, 5) is 11.2. The fraction of sp³-hybridized carbons (Fsp3) is 0.0196. The lowest BCUT2D eigenvalue weighted by atomic mass is 9.87. The van der Waals surface area contributed by atoms with Crippen molar-refractivity contribution >= 4 is 71.8 Å². The SMILES string of the molecule is C1=C(c2ccccc2)N=C(c2cccc(-c3ccccc3)c2)N=C2c3c(ccc4c3oc3ccccc34)-n3c4cc5ccccc5cc4c4cccc(c43)C12. The molecule has 1 unspecified atom stereocenters. The van der Waals surface area contributed by atoms with E-state index in [0.717, 1.165) is 72.4 Å². The van der Waals surface area contributed by atoms with Crippen molar-refractivity contribution in [2.24, 2.45) is 9.98 Å². The number of furan rings is 1. The summed E-state index contributed by atoms with van der Waals surface area (Å²) in [5, 5.41) is 7.03. The van der Waals surface area contributed by atoms with Crippen LogP contribution in [0.15, 0.2) is 196 Å². The first kappa shape index (κ1) is 30.2. The fourth-order valence-corrected chi connectivity index (χ4v) is 8.90. The average molecular weight is 702 g/mol. The van der Waals surface area contributed by atoms with Crippen molar-refractivity contribution in [2.45, 2.75) is 5.92 Å². The molecular formula is C51H31N3O. The zero-order chi connectivity index (χ0) is 36.0. The van der Waals surface area contributed by atoms with E-state index in [0.29, 0.717) is 5.84 Å². The van der Waals surface area contributed by atoms with E-state index in [-0.39, 0.29) is 5.92 Å². The molecule has 0 radical (unpaired) electrons. The molecular weight excluding hydrogens is 671 g/mol. The predicted octanol–water partition coefficient (Wildman–Crippen LogP) is 12.9. The lowest BCUT2D eigenvalue weighted by molar-refractivity contribution is 0.667. The molecule has 1 atom stereocenters. The second-order valence-electron chi connectivity index (χ2n) is 14.5. The molecule has 0 saturated carbocycles. The summed E-state index contributed by atoms with van der Waals surface area (Å²) in [6.45, 7) is 0. The third-order valence-corrected chi connectivity index (χ3v) is 11.4. The number of para-hydroxylation sites is 2. The maximum atomic E-state index is 6.92. The van der Waals surface area contributed by atoms with Crippen molar-refractivity contribution in [2.75, 3.05) is 0 Å². The Kier molecular flexibility index (Phi) is 6.37. The van der Waals surface area contributed by atoms with E-state index in [1.54, 1.807) is 0 Å². The molecule has 0 amide bonds. The number of benzene rings is 8. The maximum absolute atomic E-state index is 6.92. The van der Waals surface area contributed by atoms with Gasteiger partial charge in [0, 0.05) is 33.0 Å². The Morgan fingerprint density at radius 2 is 1.18 bits per heavy atom. The van der Waals surface area contributed by atoms with Crippen molar-refractivity contribution in [1.82, 2.24) is 4.57 Å². The highest BCUT2D eigenvalue weighted by Gasteiger charge is 2.35.